The fraction of sp³-hybridized carbons (Fsp3) is 0.667. The van der Waals surface area contributed by atoms with Gasteiger partial charge in [-0.2, -0.15) is 5.10 Å². The summed E-state index contributed by atoms with van der Waals surface area (Å²) in [6.07, 6.45) is 1.74. The summed E-state index contributed by atoms with van der Waals surface area (Å²) in [7, 11) is 1.97. The molecule has 26 heavy (non-hydrogen) atoms. The van der Waals surface area contributed by atoms with Crippen LogP contribution in [-0.2, 0) is 25.6 Å². The standard InChI is InChI=1S/C18H29N7O/c1-18(2,3)15-5-6-17(26)25(21-15)12-11-23-7-9-24(10-8-23)13-16-20-19-14-22(16)4/h5-6,14H,7-13H2,1-4H3. The monoisotopic (exact) mass is 359 g/mol. The molecule has 0 bridgehead atoms. The van der Waals surface area contributed by atoms with Crippen molar-refractivity contribution in [2.75, 3.05) is 32.7 Å². The van der Waals surface area contributed by atoms with Crippen molar-refractivity contribution in [2.45, 2.75) is 39.3 Å². The smallest absolute Gasteiger partial charge is 0.266 e. The first kappa shape index (κ1) is 18.7. The van der Waals surface area contributed by atoms with Crippen molar-refractivity contribution in [1.29, 1.82) is 0 Å². The number of aromatic nitrogens is 5. The molecule has 0 aromatic carbocycles. The summed E-state index contributed by atoms with van der Waals surface area (Å²) >= 11 is 0. The molecule has 0 spiro atoms. The minimum atomic E-state index is -0.0547. The van der Waals surface area contributed by atoms with Crippen LogP contribution in [0.4, 0.5) is 0 Å². The number of rotatable bonds is 5. The zero-order valence-corrected chi connectivity index (χ0v) is 16.2. The van der Waals surface area contributed by atoms with Gasteiger partial charge in [-0.25, -0.2) is 4.68 Å². The second kappa shape index (κ2) is 7.67. The molecule has 0 saturated carbocycles. The van der Waals surface area contributed by atoms with Gasteiger partial charge in [-0.3, -0.25) is 14.6 Å². The van der Waals surface area contributed by atoms with Crippen molar-refractivity contribution in [3.05, 3.63) is 40.3 Å². The zero-order valence-electron chi connectivity index (χ0n) is 16.2. The Hall–Kier alpha value is -2.06. The average molecular weight is 359 g/mol. The lowest BCUT2D eigenvalue weighted by molar-refractivity contribution is 0.119. The first-order chi connectivity index (χ1) is 12.3. The van der Waals surface area contributed by atoms with Crippen LogP contribution in [0.2, 0.25) is 0 Å². The van der Waals surface area contributed by atoms with Crippen LogP contribution >= 0.6 is 0 Å². The van der Waals surface area contributed by atoms with Crippen molar-refractivity contribution < 1.29 is 0 Å². The van der Waals surface area contributed by atoms with E-state index < -0.39 is 0 Å². The number of hydrogen-bond acceptors (Lipinski definition) is 6. The Morgan fingerprint density at radius 3 is 2.35 bits per heavy atom. The van der Waals surface area contributed by atoms with E-state index in [1.54, 1.807) is 17.1 Å². The van der Waals surface area contributed by atoms with E-state index >= 15 is 0 Å². The third kappa shape index (κ3) is 4.56. The summed E-state index contributed by atoms with van der Waals surface area (Å²) in [6.45, 7) is 12.6. The first-order valence-electron chi connectivity index (χ1n) is 9.19. The summed E-state index contributed by atoms with van der Waals surface area (Å²) in [6, 6.07) is 3.47. The van der Waals surface area contributed by atoms with Gasteiger partial charge < -0.3 is 4.57 Å². The Balaban J connectivity index is 1.51. The van der Waals surface area contributed by atoms with Crippen molar-refractivity contribution in [2.24, 2.45) is 7.05 Å². The first-order valence-corrected chi connectivity index (χ1v) is 9.19. The maximum Gasteiger partial charge on any atom is 0.266 e. The van der Waals surface area contributed by atoms with Gasteiger partial charge in [-0.1, -0.05) is 20.8 Å². The highest BCUT2D eigenvalue weighted by atomic mass is 16.1. The molecule has 0 atom stereocenters. The van der Waals surface area contributed by atoms with Crippen LogP contribution in [0.25, 0.3) is 0 Å². The molecule has 1 fully saturated rings. The van der Waals surface area contributed by atoms with Gasteiger partial charge in [0.2, 0.25) is 0 Å². The van der Waals surface area contributed by atoms with Crippen molar-refractivity contribution in [3.8, 4) is 0 Å². The maximum absolute atomic E-state index is 12.1. The van der Waals surface area contributed by atoms with Crippen LogP contribution in [0.3, 0.4) is 0 Å². The number of nitrogens with zero attached hydrogens (tertiary/aromatic N) is 7. The summed E-state index contributed by atoms with van der Waals surface area (Å²) in [4.78, 5) is 16.9. The molecular weight excluding hydrogens is 330 g/mol. The lowest BCUT2D eigenvalue weighted by Crippen LogP contribution is -2.47. The summed E-state index contributed by atoms with van der Waals surface area (Å²) in [5.74, 6) is 0.994. The lowest BCUT2D eigenvalue weighted by Gasteiger charge is -2.34. The van der Waals surface area contributed by atoms with Crippen LogP contribution in [0.1, 0.15) is 32.3 Å². The molecule has 0 radical (unpaired) electrons. The molecule has 2 aromatic rings. The van der Waals surface area contributed by atoms with E-state index in [2.05, 4.69) is 45.9 Å². The molecule has 142 valence electrons. The van der Waals surface area contributed by atoms with E-state index in [1.807, 2.05) is 17.7 Å². The van der Waals surface area contributed by atoms with E-state index in [1.165, 1.54) is 0 Å². The second-order valence-electron chi connectivity index (χ2n) is 8.01. The predicted molar refractivity (Wildman–Crippen MR) is 99.9 cm³/mol. The molecule has 0 aliphatic carbocycles. The molecule has 8 heteroatoms. The highest BCUT2D eigenvalue weighted by Gasteiger charge is 2.19. The SMILES string of the molecule is Cn1cnnc1CN1CCN(CCn2nc(C(C)(C)C)ccc2=O)CC1. The average Bonchev–Trinajstić information content (AvgIpc) is 2.99. The molecule has 0 N–H and O–H groups in total. The van der Waals surface area contributed by atoms with Crippen LogP contribution in [0.5, 0.6) is 0 Å². The summed E-state index contributed by atoms with van der Waals surface area (Å²) in [5.41, 5.74) is 0.866. The molecule has 8 nitrogen and oxygen atoms in total. The van der Waals surface area contributed by atoms with Crippen molar-refractivity contribution in [1.82, 2.24) is 34.3 Å². The van der Waals surface area contributed by atoms with Gasteiger partial charge in [0.1, 0.15) is 12.2 Å². The van der Waals surface area contributed by atoms with Crippen molar-refractivity contribution in [3.63, 3.8) is 0 Å². The Morgan fingerprint density at radius 2 is 1.73 bits per heavy atom. The highest BCUT2D eigenvalue weighted by molar-refractivity contribution is 5.10. The van der Waals surface area contributed by atoms with Crippen LogP contribution in [0.15, 0.2) is 23.3 Å². The molecule has 0 unspecified atom stereocenters. The van der Waals surface area contributed by atoms with E-state index in [9.17, 15) is 4.79 Å². The van der Waals surface area contributed by atoms with Gasteiger partial charge >= 0.3 is 0 Å². The highest BCUT2D eigenvalue weighted by Crippen LogP contribution is 2.18. The normalized spacial score (nSPS) is 16.9. The van der Waals surface area contributed by atoms with Crippen LogP contribution < -0.4 is 5.56 Å². The molecule has 1 aliphatic heterocycles. The fourth-order valence-corrected chi connectivity index (χ4v) is 3.07. The molecule has 3 heterocycles. The molecule has 2 aromatic heterocycles. The number of piperazine rings is 1. The van der Waals surface area contributed by atoms with Gasteiger partial charge in [-0.15, -0.1) is 10.2 Å². The summed E-state index contributed by atoms with van der Waals surface area (Å²) in [5, 5.41) is 12.6. The van der Waals surface area contributed by atoms with Gasteiger partial charge in [-0.05, 0) is 6.07 Å². The van der Waals surface area contributed by atoms with E-state index in [4.69, 9.17) is 0 Å². The topological polar surface area (TPSA) is 72.1 Å². The predicted octanol–water partition coefficient (Wildman–Crippen LogP) is 0.487. The molecular formula is C18H29N7O. The minimum absolute atomic E-state index is 0.0288. The number of hydrogen-bond donors (Lipinski definition) is 0. The van der Waals surface area contributed by atoms with Gasteiger partial charge in [0, 0.05) is 51.3 Å². The molecule has 1 aliphatic rings. The van der Waals surface area contributed by atoms with E-state index in [-0.39, 0.29) is 11.0 Å². The Morgan fingerprint density at radius 1 is 1.04 bits per heavy atom. The van der Waals surface area contributed by atoms with Gasteiger partial charge in [0.15, 0.2) is 0 Å². The summed E-state index contributed by atoms with van der Waals surface area (Å²) < 4.78 is 3.57. The number of aryl methyl sites for hydroxylation is 1. The van der Waals surface area contributed by atoms with Gasteiger partial charge in [0.05, 0.1) is 18.8 Å². The Kier molecular flexibility index (Phi) is 5.52. The second-order valence-corrected chi connectivity index (χ2v) is 8.01. The zero-order chi connectivity index (χ0) is 18.7. The molecule has 0 amide bonds. The quantitative estimate of drug-likeness (QED) is 0.774. The lowest BCUT2D eigenvalue weighted by atomic mass is 9.92. The van der Waals surface area contributed by atoms with E-state index in [0.717, 1.165) is 50.8 Å². The van der Waals surface area contributed by atoms with Gasteiger partial charge in [0.25, 0.3) is 5.56 Å². The molecule has 1 saturated heterocycles. The van der Waals surface area contributed by atoms with Crippen LogP contribution in [0, 0.1) is 0 Å². The Labute approximate surface area is 154 Å². The third-order valence-corrected chi connectivity index (χ3v) is 4.90. The third-order valence-electron chi connectivity index (χ3n) is 4.90. The largest absolute Gasteiger partial charge is 0.320 e. The van der Waals surface area contributed by atoms with Crippen LogP contribution in [-0.4, -0.2) is 67.1 Å². The Bertz CT molecular complexity index is 781. The fourth-order valence-electron chi connectivity index (χ4n) is 3.07. The van der Waals surface area contributed by atoms with Crippen molar-refractivity contribution >= 4 is 0 Å². The molecule has 3 rings (SSSR count). The minimum Gasteiger partial charge on any atom is -0.320 e. The van der Waals surface area contributed by atoms with E-state index in [0.29, 0.717) is 6.54 Å². The maximum atomic E-state index is 12.1.